The summed E-state index contributed by atoms with van der Waals surface area (Å²) in [6.07, 6.45) is 1.06. The molecule has 18 heavy (non-hydrogen) atoms. The number of rotatable bonds is 4. The van der Waals surface area contributed by atoms with Crippen LogP contribution in [-0.4, -0.2) is 5.78 Å². The molecule has 0 fully saturated rings. The van der Waals surface area contributed by atoms with Crippen LogP contribution in [0.2, 0.25) is 0 Å². The van der Waals surface area contributed by atoms with E-state index in [0.717, 1.165) is 14.2 Å². The van der Waals surface area contributed by atoms with Gasteiger partial charge in [0, 0.05) is 17.7 Å². The first-order chi connectivity index (χ1) is 8.52. The first-order valence-electron chi connectivity index (χ1n) is 5.86. The van der Waals surface area contributed by atoms with E-state index in [0.29, 0.717) is 12.8 Å². The lowest BCUT2D eigenvalue weighted by atomic mass is 10.0. The molecule has 0 unspecified atom stereocenters. The van der Waals surface area contributed by atoms with E-state index in [4.69, 9.17) is 0 Å². The van der Waals surface area contributed by atoms with Crippen LogP contribution in [0.15, 0.2) is 34.1 Å². The lowest BCUT2D eigenvalue weighted by Crippen LogP contribution is -2.05. The molecular weight excluding hydrogens is 308 g/mol. The van der Waals surface area contributed by atoms with E-state index in [-0.39, 0.29) is 5.78 Å². The van der Waals surface area contributed by atoms with E-state index < -0.39 is 0 Å². The van der Waals surface area contributed by atoms with Gasteiger partial charge in [-0.15, -0.1) is 11.3 Å². The SMILES string of the molecule is Cc1cc(C)cc(CC(=O)Cc2ccc(Br)s2)c1. The number of Topliss-reactive ketones (excluding diaryl/α,β-unsaturated/α-hetero) is 1. The van der Waals surface area contributed by atoms with Gasteiger partial charge < -0.3 is 0 Å². The quantitative estimate of drug-likeness (QED) is 0.811. The van der Waals surface area contributed by atoms with Crippen molar-refractivity contribution in [3.05, 3.63) is 55.7 Å². The number of ketones is 1. The van der Waals surface area contributed by atoms with Gasteiger partial charge in [-0.05, 0) is 47.5 Å². The first kappa shape index (κ1) is 13.5. The Morgan fingerprint density at radius 2 is 1.78 bits per heavy atom. The van der Waals surface area contributed by atoms with E-state index in [2.05, 4.69) is 48.0 Å². The second kappa shape index (κ2) is 5.81. The lowest BCUT2D eigenvalue weighted by Gasteiger charge is -2.04. The van der Waals surface area contributed by atoms with E-state index in [1.54, 1.807) is 11.3 Å². The monoisotopic (exact) mass is 322 g/mol. The summed E-state index contributed by atoms with van der Waals surface area (Å²) < 4.78 is 1.08. The van der Waals surface area contributed by atoms with Gasteiger partial charge in [0.1, 0.15) is 5.78 Å². The van der Waals surface area contributed by atoms with Crippen LogP contribution in [0.25, 0.3) is 0 Å². The summed E-state index contributed by atoms with van der Waals surface area (Å²) in [7, 11) is 0. The first-order valence-corrected chi connectivity index (χ1v) is 7.47. The van der Waals surface area contributed by atoms with Crippen molar-refractivity contribution in [2.45, 2.75) is 26.7 Å². The number of halogens is 1. The van der Waals surface area contributed by atoms with Gasteiger partial charge in [0.15, 0.2) is 0 Å². The van der Waals surface area contributed by atoms with Gasteiger partial charge in [0.25, 0.3) is 0 Å². The van der Waals surface area contributed by atoms with E-state index in [1.165, 1.54) is 11.1 Å². The highest BCUT2D eigenvalue weighted by Crippen LogP contribution is 2.23. The van der Waals surface area contributed by atoms with Gasteiger partial charge in [0.05, 0.1) is 3.79 Å². The van der Waals surface area contributed by atoms with Crippen molar-refractivity contribution < 1.29 is 4.79 Å². The molecule has 0 radical (unpaired) electrons. The van der Waals surface area contributed by atoms with Crippen LogP contribution < -0.4 is 0 Å². The minimum atomic E-state index is 0.273. The topological polar surface area (TPSA) is 17.1 Å². The Hall–Kier alpha value is -0.930. The summed E-state index contributed by atoms with van der Waals surface area (Å²) in [5.41, 5.74) is 3.56. The van der Waals surface area contributed by atoms with E-state index >= 15 is 0 Å². The molecule has 1 heterocycles. The molecule has 0 aliphatic heterocycles. The standard InChI is InChI=1S/C15H15BrOS/c1-10-5-11(2)7-12(6-10)8-13(17)9-14-3-4-15(16)18-14/h3-7H,8-9H2,1-2H3. The van der Waals surface area contributed by atoms with Gasteiger partial charge in [-0.3, -0.25) is 4.79 Å². The molecular formula is C15H15BrOS. The molecule has 0 amide bonds. The summed E-state index contributed by atoms with van der Waals surface area (Å²) in [5, 5.41) is 0. The lowest BCUT2D eigenvalue weighted by molar-refractivity contribution is -0.117. The molecule has 3 heteroatoms. The summed E-state index contributed by atoms with van der Waals surface area (Å²) in [5.74, 6) is 0.273. The Balaban J connectivity index is 2.02. The fourth-order valence-electron chi connectivity index (χ4n) is 2.10. The summed E-state index contributed by atoms with van der Waals surface area (Å²) in [6.45, 7) is 4.13. The molecule has 0 saturated heterocycles. The molecule has 1 aromatic heterocycles. The number of carbonyl (C=O) groups is 1. The highest BCUT2D eigenvalue weighted by atomic mass is 79.9. The second-order valence-corrected chi connectivity index (χ2v) is 7.14. The van der Waals surface area contributed by atoms with Crippen molar-refractivity contribution in [1.29, 1.82) is 0 Å². The minimum absolute atomic E-state index is 0.273. The molecule has 1 nitrogen and oxygen atoms in total. The normalized spacial score (nSPS) is 10.6. The van der Waals surface area contributed by atoms with Crippen molar-refractivity contribution in [1.82, 2.24) is 0 Å². The smallest absolute Gasteiger partial charge is 0.142 e. The molecule has 0 N–H and O–H groups in total. The molecule has 94 valence electrons. The van der Waals surface area contributed by atoms with Gasteiger partial charge >= 0.3 is 0 Å². The highest BCUT2D eigenvalue weighted by molar-refractivity contribution is 9.11. The zero-order valence-electron chi connectivity index (χ0n) is 10.5. The van der Waals surface area contributed by atoms with Crippen LogP contribution in [0, 0.1) is 13.8 Å². The maximum Gasteiger partial charge on any atom is 0.142 e. The van der Waals surface area contributed by atoms with Crippen LogP contribution >= 0.6 is 27.3 Å². The van der Waals surface area contributed by atoms with Gasteiger partial charge in [-0.1, -0.05) is 29.3 Å². The van der Waals surface area contributed by atoms with Crippen LogP contribution in [0.3, 0.4) is 0 Å². The van der Waals surface area contributed by atoms with Crippen molar-refractivity contribution in [2.75, 3.05) is 0 Å². The number of aryl methyl sites for hydroxylation is 2. The van der Waals surface area contributed by atoms with Crippen LogP contribution in [0.4, 0.5) is 0 Å². The summed E-state index contributed by atoms with van der Waals surface area (Å²) in [6, 6.07) is 10.3. The number of hydrogen-bond donors (Lipinski definition) is 0. The number of hydrogen-bond acceptors (Lipinski definition) is 2. The maximum atomic E-state index is 12.0. The molecule has 0 aliphatic carbocycles. The van der Waals surface area contributed by atoms with Crippen molar-refractivity contribution in [2.24, 2.45) is 0 Å². The number of thiophene rings is 1. The van der Waals surface area contributed by atoms with Gasteiger partial charge in [0.2, 0.25) is 0 Å². The van der Waals surface area contributed by atoms with E-state index in [9.17, 15) is 4.79 Å². The van der Waals surface area contributed by atoms with Crippen molar-refractivity contribution >= 4 is 33.0 Å². The summed E-state index contributed by atoms with van der Waals surface area (Å²) >= 11 is 5.04. The Bertz CT molecular complexity index is 551. The average molecular weight is 323 g/mol. The van der Waals surface area contributed by atoms with E-state index in [1.807, 2.05) is 12.1 Å². The Morgan fingerprint density at radius 1 is 1.11 bits per heavy atom. The summed E-state index contributed by atoms with van der Waals surface area (Å²) in [4.78, 5) is 13.1. The van der Waals surface area contributed by atoms with Gasteiger partial charge in [-0.2, -0.15) is 0 Å². The third kappa shape index (κ3) is 3.79. The second-order valence-electron chi connectivity index (χ2n) is 4.59. The predicted molar refractivity (Wildman–Crippen MR) is 80.4 cm³/mol. The van der Waals surface area contributed by atoms with Crippen molar-refractivity contribution in [3.63, 3.8) is 0 Å². The average Bonchev–Trinajstić information content (AvgIpc) is 2.61. The molecule has 0 aliphatic rings. The molecule has 0 saturated carbocycles. The van der Waals surface area contributed by atoms with Crippen molar-refractivity contribution in [3.8, 4) is 0 Å². The molecule has 0 spiro atoms. The third-order valence-corrected chi connectivity index (χ3v) is 4.31. The molecule has 1 aromatic carbocycles. The number of carbonyl (C=O) groups excluding carboxylic acids is 1. The van der Waals surface area contributed by atoms with Gasteiger partial charge in [-0.25, -0.2) is 0 Å². The molecule has 0 atom stereocenters. The highest BCUT2D eigenvalue weighted by Gasteiger charge is 2.08. The predicted octanol–water partition coefficient (Wildman–Crippen LogP) is 4.48. The van der Waals surface area contributed by atoms with Crippen LogP contribution in [0.1, 0.15) is 21.6 Å². The van der Waals surface area contributed by atoms with Crippen LogP contribution in [0.5, 0.6) is 0 Å². The zero-order chi connectivity index (χ0) is 13.1. The molecule has 2 rings (SSSR count). The minimum Gasteiger partial charge on any atom is -0.299 e. The maximum absolute atomic E-state index is 12.0. The molecule has 0 bridgehead atoms. The Kier molecular flexibility index (Phi) is 4.36. The zero-order valence-corrected chi connectivity index (χ0v) is 12.9. The Morgan fingerprint density at radius 3 is 2.33 bits per heavy atom. The third-order valence-electron chi connectivity index (χ3n) is 2.68. The Labute approximate surface area is 120 Å². The molecule has 2 aromatic rings. The number of benzene rings is 1. The van der Waals surface area contributed by atoms with Crippen LogP contribution in [-0.2, 0) is 17.6 Å². The fourth-order valence-corrected chi connectivity index (χ4v) is 3.61. The largest absolute Gasteiger partial charge is 0.299 e. The fraction of sp³-hybridized carbons (Fsp3) is 0.267.